The molecule has 0 saturated heterocycles. The SMILES string of the molecule is CCCCC(=O)Nc1ccc(NC(=O)COc2cc(C)c(Cl)c(C)c2)cc1OC. The Morgan fingerprint density at radius 3 is 2.34 bits per heavy atom. The first-order chi connectivity index (χ1) is 13.8. The van der Waals surface area contributed by atoms with E-state index in [1.54, 1.807) is 30.3 Å². The highest BCUT2D eigenvalue weighted by Gasteiger charge is 2.11. The van der Waals surface area contributed by atoms with Crippen LogP contribution in [0.5, 0.6) is 11.5 Å². The molecular weight excluding hydrogens is 392 g/mol. The van der Waals surface area contributed by atoms with Crippen molar-refractivity contribution in [2.24, 2.45) is 0 Å². The molecule has 7 heteroatoms. The molecule has 2 rings (SSSR count). The summed E-state index contributed by atoms with van der Waals surface area (Å²) in [4.78, 5) is 24.2. The van der Waals surface area contributed by atoms with E-state index in [0.717, 1.165) is 24.0 Å². The van der Waals surface area contributed by atoms with Crippen molar-refractivity contribution in [1.82, 2.24) is 0 Å². The fourth-order valence-electron chi connectivity index (χ4n) is 2.76. The van der Waals surface area contributed by atoms with E-state index in [1.807, 2.05) is 20.8 Å². The summed E-state index contributed by atoms with van der Waals surface area (Å²) >= 11 is 6.14. The summed E-state index contributed by atoms with van der Waals surface area (Å²) in [6.07, 6.45) is 2.24. The predicted octanol–water partition coefficient (Wildman–Crippen LogP) is 5.11. The number of amides is 2. The van der Waals surface area contributed by atoms with Crippen LogP contribution in [-0.2, 0) is 9.59 Å². The second-order valence-corrected chi connectivity index (χ2v) is 7.15. The lowest BCUT2D eigenvalue weighted by Crippen LogP contribution is -2.20. The number of ether oxygens (including phenoxy) is 2. The number of unbranched alkanes of at least 4 members (excludes halogenated alkanes) is 1. The van der Waals surface area contributed by atoms with Gasteiger partial charge in [-0.05, 0) is 55.7 Å². The van der Waals surface area contributed by atoms with Crippen LogP contribution in [0.25, 0.3) is 0 Å². The minimum absolute atomic E-state index is 0.0658. The van der Waals surface area contributed by atoms with Crippen molar-refractivity contribution in [2.45, 2.75) is 40.0 Å². The average Bonchev–Trinajstić information content (AvgIpc) is 2.69. The van der Waals surface area contributed by atoms with Crippen LogP contribution in [-0.4, -0.2) is 25.5 Å². The molecule has 0 unspecified atom stereocenters. The summed E-state index contributed by atoms with van der Waals surface area (Å²) < 4.78 is 10.9. The van der Waals surface area contributed by atoms with Gasteiger partial charge in [-0.2, -0.15) is 0 Å². The Balaban J connectivity index is 1.97. The van der Waals surface area contributed by atoms with Crippen LogP contribution in [0, 0.1) is 13.8 Å². The number of anilines is 2. The van der Waals surface area contributed by atoms with Gasteiger partial charge in [-0.1, -0.05) is 24.9 Å². The van der Waals surface area contributed by atoms with Gasteiger partial charge in [0.25, 0.3) is 5.91 Å². The number of benzene rings is 2. The lowest BCUT2D eigenvalue weighted by atomic mass is 10.1. The Morgan fingerprint density at radius 2 is 1.72 bits per heavy atom. The molecule has 2 aromatic rings. The van der Waals surface area contributed by atoms with Crippen LogP contribution in [0.3, 0.4) is 0 Å². The maximum atomic E-state index is 12.2. The molecule has 0 heterocycles. The molecular formula is C22H27ClN2O4. The number of aryl methyl sites for hydroxylation is 2. The third-order valence-electron chi connectivity index (χ3n) is 4.30. The number of hydrogen-bond acceptors (Lipinski definition) is 4. The molecule has 0 spiro atoms. The monoisotopic (exact) mass is 418 g/mol. The second-order valence-electron chi connectivity index (χ2n) is 6.77. The van der Waals surface area contributed by atoms with Crippen molar-refractivity contribution in [3.63, 3.8) is 0 Å². The van der Waals surface area contributed by atoms with Crippen molar-refractivity contribution in [3.8, 4) is 11.5 Å². The molecule has 2 N–H and O–H groups in total. The number of carbonyl (C=O) groups excluding carboxylic acids is 2. The Kier molecular flexibility index (Phi) is 8.34. The van der Waals surface area contributed by atoms with Crippen molar-refractivity contribution in [1.29, 1.82) is 0 Å². The van der Waals surface area contributed by atoms with Gasteiger partial charge in [-0.15, -0.1) is 0 Å². The first kappa shape index (κ1) is 22.6. The average molecular weight is 419 g/mol. The number of hydrogen-bond donors (Lipinski definition) is 2. The summed E-state index contributed by atoms with van der Waals surface area (Å²) in [6.45, 7) is 5.66. The quantitative estimate of drug-likeness (QED) is 0.593. The van der Waals surface area contributed by atoms with Crippen LogP contribution in [0.4, 0.5) is 11.4 Å². The Bertz CT molecular complexity index is 860. The summed E-state index contributed by atoms with van der Waals surface area (Å²) in [5.41, 5.74) is 2.90. The van der Waals surface area contributed by atoms with E-state index < -0.39 is 0 Å². The summed E-state index contributed by atoms with van der Waals surface area (Å²) in [5.74, 6) is 0.681. The fraction of sp³-hybridized carbons (Fsp3) is 0.364. The first-order valence-electron chi connectivity index (χ1n) is 9.51. The molecule has 2 amide bonds. The van der Waals surface area contributed by atoms with E-state index in [2.05, 4.69) is 10.6 Å². The number of carbonyl (C=O) groups is 2. The van der Waals surface area contributed by atoms with Crippen LogP contribution in [0.15, 0.2) is 30.3 Å². The smallest absolute Gasteiger partial charge is 0.262 e. The summed E-state index contributed by atoms with van der Waals surface area (Å²) in [7, 11) is 1.51. The molecule has 0 aliphatic heterocycles. The maximum absolute atomic E-state index is 12.2. The van der Waals surface area contributed by atoms with Crippen molar-refractivity contribution < 1.29 is 19.1 Å². The molecule has 0 atom stereocenters. The standard InChI is InChI=1S/C22H27ClN2O4/c1-5-6-7-20(26)25-18-9-8-16(12-19(18)28-4)24-21(27)13-29-17-10-14(2)22(23)15(3)11-17/h8-12H,5-7,13H2,1-4H3,(H,24,27)(H,25,26). The molecule has 156 valence electrons. The van der Waals surface area contributed by atoms with Crippen LogP contribution < -0.4 is 20.1 Å². The van der Waals surface area contributed by atoms with Crippen molar-refractivity contribution >= 4 is 34.8 Å². The van der Waals surface area contributed by atoms with Gasteiger partial charge >= 0.3 is 0 Å². The fourth-order valence-corrected chi connectivity index (χ4v) is 2.87. The highest BCUT2D eigenvalue weighted by Crippen LogP contribution is 2.29. The first-order valence-corrected chi connectivity index (χ1v) is 9.89. The lowest BCUT2D eigenvalue weighted by Gasteiger charge is -2.13. The molecule has 6 nitrogen and oxygen atoms in total. The zero-order valence-corrected chi connectivity index (χ0v) is 18.0. The molecule has 0 aliphatic carbocycles. The van der Waals surface area contributed by atoms with Crippen molar-refractivity contribution in [2.75, 3.05) is 24.4 Å². The van der Waals surface area contributed by atoms with E-state index in [1.165, 1.54) is 7.11 Å². The van der Waals surface area contributed by atoms with E-state index in [4.69, 9.17) is 21.1 Å². The predicted molar refractivity (Wildman–Crippen MR) is 116 cm³/mol. The number of methoxy groups -OCH3 is 1. The van der Waals surface area contributed by atoms with Crippen LogP contribution in [0.2, 0.25) is 5.02 Å². The van der Waals surface area contributed by atoms with E-state index >= 15 is 0 Å². The van der Waals surface area contributed by atoms with Gasteiger partial charge in [0.15, 0.2) is 6.61 Å². The summed E-state index contributed by atoms with van der Waals surface area (Å²) in [5, 5.41) is 6.28. The highest BCUT2D eigenvalue weighted by molar-refractivity contribution is 6.32. The summed E-state index contributed by atoms with van der Waals surface area (Å²) in [6, 6.07) is 8.64. The van der Waals surface area contributed by atoms with E-state index in [9.17, 15) is 9.59 Å². The number of nitrogens with one attached hydrogen (secondary N) is 2. The normalized spacial score (nSPS) is 10.4. The Morgan fingerprint density at radius 1 is 1.03 bits per heavy atom. The lowest BCUT2D eigenvalue weighted by molar-refractivity contribution is -0.118. The Labute approximate surface area is 176 Å². The second kappa shape index (κ2) is 10.7. The molecule has 0 fully saturated rings. The molecule has 0 aliphatic rings. The minimum atomic E-state index is -0.308. The van der Waals surface area contributed by atoms with Gasteiger partial charge < -0.3 is 20.1 Å². The highest BCUT2D eigenvalue weighted by atomic mass is 35.5. The Hall–Kier alpha value is -2.73. The van der Waals surface area contributed by atoms with Gasteiger partial charge in [0, 0.05) is 23.2 Å². The minimum Gasteiger partial charge on any atom is -0.494 e. The number of rotatable bonds is 9. The number of halogens is 1. The maximum Gasteiger partial charge on any atom is 0.262 e. The van der Waals surface area contributed by atoms with Gasteiger partial charge in [0.05, 0.1) is 12.8 Å². The zero-order chi connectivity index (χ0) is 21.4. The topological polar surface area (TPSA) is 76.7 Å². The van der Waals surface area contributed by atoms with Crippen molar-refractivity contribution in [3.05, 3.63) is 46.5 Å². The zero-order valence-electron chi connectivity index (χ0n) is 17.2. The van der Waals surface area contributed by atoms with Gasteiger partial charge in [-0.3, -0.25) is 9.59 Å². The van der Waals surface area contributed by atoms with Gasteiger partial charge in [0.1, 0.15) is 11.5 Å². The molecule has 29 heavy (non-hydrogen) atoms. The molecule has 0 saturated carbocycles. The van der Waals surface area contributed by atoms with Gasteiger partial charge in [0.2, 0.25) is 5.91 Å². The van der Waals surface area contributed by atoms with Gasteiger partial charge in [-0.25, -0.2) is 0 Å². The van der Waals surface area contributed by atoms with E-state index in [0.29, 0.717) is 34.3 Å². The molecule has 0 bridgehead atoms. The van der Waals surface area contributed by atoms with Crippen LogP contribution in [0.1, 0.15) is 37.3 Å². The van der Waals surface area contributed by atoms with E-state index in [-0.39, 0.29) is 18.4 Å². The largest absolute Gasteiger partial charge is 0.494 e. The third-order valence-corrected chi connectivity index (χ3v) is 4.89. The van der Waals surface area contributed by atoms with Crippen LogP contribution >= 0.6 is 11.6 Å². The molecule has 0 radical (unpaired) electrons. The molecule has 0 aromatic heterocycles. The molecule has 2 aromatic carbocycles. The third kappa shape index (κ3) is 6.68.